The maximum absolute atomic E-state index is 12.9. The largest absolute Gasteiger partial charge is 0.368 e. The number of aryl methyl sites for hydroxylation is 1. The molecule has 0 radical (unpaired) electrons. The highest BCUT2D eigenvalue weighted by molar-refractivity contribution is 8.00. The number of sulfonamides is 1. The van der Waals surface area contributed by atoms with Crippen molar-refractivity contribution < 1.29 is 17.9 Å². The Labute approximate surface area is 178 Å². The Kier molecular flexibility index (Phi) is 5.97. The molecule has 1 aromatic carbocycles. The third-order valence-electron chi connectivity index (χ3n) is 6.08. The topological polar surface area (TPSA) is 79.3 Å². The number of carbonyl (C=O) groups excluding carboxylic acids is 1. The number of rotatable bonds is 3. The van der Waals surface area contributed by atoms with Gasteiger partial charge in [0.05, 0.1) is 0 Å². The van der Waals surface area contributed by atoms with Gasteiger partial charge in [-0.25, -0.2) is 0 Å². The average Bonchev–Trinajstić information content (AvgIpc) is 3.26. The number of carbonyl (C=O) groups is 1. The summed E-state index contributed by atoms with van der Waals surface area (Å²) in [6, 6.07) is 7.64. The van der Waals surface area contributed by atoms with Gasteiger partial charge in [-0.1, -0.05) is 31.2 Å². The molecular weight excluding hydrogens is 402 g/mol. The molecule has 3 heterocycles. The van der Waals surface area contributed by atoms with Gasteiger partial charge in [0, 0.05) is 38.4 Å². The Hall–Kier alpha value is -2.19. The summed E-state index contributed by atoms with van der Waals surface area (Å²) in [6.45, 7) is 6.98. The van der Waals surface area contributed by atoms with E-state index in [1.165, 1.54) is 0 Å². The second-order valence-electron chi connectivity index (χ2n) is 8.06. The van der Waals surface area contributed by atoms with E-state index in [0.29, 0.717) is 49.8 Å². The van der Waals surface area contributed by atoms with E-state index in [2.05, 4.69) is 11.3 Å². The number of amidine groups is 1. The van der Waals surface area contributed by atoms with Crippen LogP contribution in [0.2, 0.25) is 0 Å². The van der Waals surface area contributed by atoms with E-state index in [1.807, 2.05) is 41.0 Å². The van der Waals surface area contributed by atoms with Crippen molar-refractivity contribution in [2.45, 2.75) is 45.6 Å². The molecule has 0 bridgehead atoms. The Balaban J connectivity index is 1.53. The highest BCUT2D eigenvalue weighted by Gasteiger charge is 2.35. The molecule has 0 spiro atoms. The summed E-state index contributed by atoms with van der Waals surface area (Å²) in [6.07, 6.45) is 3.07. The van der Waals surface area contributed by atoms with E-state index in [1.54, 1.807) is 0 Å². The Morgan fingerprint density at radius 1 is 1.13 bits per heavy atom. The zero-order valence-corrected chi connectivity index (χ0v) is 18.5. The van der Waals surface area contributed by atoms with E-state index >= 15 is 0 Å². The van der Waals surface area contributed by atoms with Crippen LogP contribution in [0.1, 0.15) is 44.2 Å². The fraction of sp³-hybridized carbons (Fsp3) is 0.545. The fourth-order valence-corrected chi connectivity index (χ4v) is 5.88. The van der Waals surface area contributed by atoms with Crippen LogP contribution in [0.25, 0.3) is 4.91 Å². The van der Waals surface area contributed by atoms with Crippen LogP contribution in [0.4, 0.5) is 0 Å². The molecule has 0 aliphatic carbocycles. The minimum Gasteiger partial charge on any atom is -0.368 e. The van der Waals surface area contributed by atoms with Crippen molar-refractivity contribution in [3.05, 3.63) is 41.0 Å². The summed E-state index contributed by atoms with van der Waals surface area (Å²) in [4.78, 5) is 16.8. The molecule has 7 nitrogen and oxygen atoms in total. The second kappa shape index (κ2) is 8.51. The smallest absolute Gasteiger partial charge is 0.285 e. The number of nitrogens with zero attached hydrogens (tertiary/aromatic N) is 3. The van der Waals surface area contributed by atoms with Crippen LogP contribution < -0.4 is 0 Å². The van der Waals surface area contributed by atoms with Gasteiger partial charge in [0.15, 0.2) is 0 Å². The molecule has 1 amide bonds. The molecule has 8 heteroatoms. The second-order valence-corrected chi connectivity index (χ2v) is 9.60. The van der Waals surface area contributed by atoms with E-state index in [9.17, 15) is 13.2 Å². The van der Waals surface area contributed by atoms with Gasteiger partial charge in [-0.15, -0.1) is 4.40 Å². The SMILES string of the molecule is CCc1ccc(C2=C(C)C(N3CCCN(C(=O)[C@@H]4CCCO4)CC3)=NS2(=O)=O)cc1. The molecule has 4 rings (SSSR count). The molecule has 0 saturated carbocycles. The van der Waals surface area contributed by atoms with Gasteiger partial charge in [0.25, 0.3) is 15.9 Å². The lowest BCUT2D eigenvalue weighted by Gasteiger charge is -2.25. The molecule has 3 aliphatic rings. The molecule has 162 valence electrons. The number of hydrogen-bond acceptors (Lipinski definition) is 5. The predicted octanol–water partition coefficient (Wildman–Crippen LogP) is 2.44. The van der Waals surface area contributed by atoms with Crippen molar-refractivity contribution in [2.75, 3.05) is 32.8 Å². The van der Waals surface area contributed by atoms with E-state index in [0.717, 1.165) is 31.2 Å². The molecule has 2 saturated heterocycles. The monoisotopic (exact) mass is 431 g/mol. The third-order valence-corrected chi connectivity index (χ3v) is 7.55. The zero-order valence-electron chi connectivity index (χ0n) is 17.6. The first kappa shape index (κ1) is 21.1. The van der Waals surface area contributed by atoms with Gasteiger partial charge in [-0.3, -0.25) is 4.79 Å². The van der Waals surface area contributed by atoms with Gasteiger partial charge >= 0.3 is 0 Å². The number of ether oxygens (including phenoxy) is 1. The van der Waals surface area contributed by atoms with Gasteiger partial charge in [-0.2, -0.15) is 8.42 Å². The minimum absolute atomic E-state index is 0.0549. The number of amides is 1. The lowest BCUT2D eigenvalue weighted by Crippen LogP contribution is -2.41. The van der Waals surface area contributed by atoms with Crippen LogP contribution in [0, 0.1) is 0 Å². The molecular formula is C22H29N3O4S. The van der Waals surface area contributed by atoms with Gasteiger partial charge in [0.2, 0.25) is 0 Å². The van der Waals surface area contributed by atoms with Crippen LogP contribution in [0.3, 0.4) is 0 Å². The molecule has 0 N–H and O–H groups in total. The summed E-state index contributed by atoms with van der Waals surface area (Å²) in [5, 5.41) is 0. The van der Waals surface area contributed by atoms with Crippen LogP contribution in [0.15, 0.2) is 34.2 Å². The summed E-state index contributed by atoms with van der Waals surface area (Å²) >= 11 is 0. The minimum atomic E-state index is -3.74. The molecule has 30 heavy (non-hydrogen) atoms. The van der Waals surface area contributed by atoms with E-state index in [4.69, 9.17) is 4.74 Å². The van der Waals surface area contributed by atoms with Crippen molar-refractivity contribution in [2.24, 2.45) is 4.40 Å². The Morgan fingerprint density at radius 2 is 1.90 bits per heavy atom. The first-order valence-corrected chi connectivity index (χ1v) is 12.2. The molecule has 0 unspecified atom stereocenters. The molecule has 2 fully saturated rings. The van der Waals surface area contributed by atoms with Crippen molar-refractivity contribution >= 4 is 26.7 Å². The maximum atomic E-state index is 12.9. The van der Waals surface area contributed by atoms with Crippen molar-refractivity contribution in [1.82, 2.24) is 9.80 Å². The van der Waals surface area contributed by atoms with Crippen LogP contribution in [-0.2, 0) is 26.0 Å². The maximum Gasteiger partial charge on any atom is 0.285 e. The van der Waals surface area contributed by atoms with Crippen LogP contribution in [-0.4, -0.2) is 68.9 Å². The summed E-state index contributed by atoms with van der Waals surface area (Å²) in [7, 11) is -3.74. The van der Waals surface area contributed by atoms with Crippen LogP contribution in [0.5, 0.6) is 0 Å². The molecule has 0 aromatic heterocycles. The lowest BCUT2D eigenvalue weighted by atomic mass is 10.1. The normalized spacial score (nSPS) is 24.2. The first-order valence-electron chi connectivity index (χ1n) is 10.7. The molecule has 3 aliphatic heterocycles. The standard InChI is InChI=1S/C22H29N3O4S/c1-3-17-7-9-18(10-8-17)20-16(2)21(23-30(20,27)28)24-11-5-12-25(14-13-24)22(26)19-6-4-15-29-19/h7-10,19H,3-6,11-15H2,1-2H3/t19-/m0/s1. The van der Waals surface area contributed by atoms with Crippen molar-refractivity contribution in [1.29, 1.82) is 0 Å². The lowest BCUT2D eigenvalue weighted by molar-refractivity contribution is -0.140. The fourth-order valence-electron chi connectivity index (χ4n) is 4.40. The highest BCUT2D eigenvalue weighted by atomic mass is 32.2. The number of benzene rings is 1. The van der Waals surface area contributed by atoms with Crippen molar-refractivity contribution in [3.63, 3.8) is 0 Å². The quantitative estimate of drug-likeness (QED) is 0.734. The average molecular weight is 432 g/mol. The Bertz CT molecular complexity index is 976. The van der Waals surface area contributed by atoms with Gasteiger partial charge in [-0.05, 0) is 43.7 Å². The number of hydrogen-bond donors (Lipinski definition) is 0. The van der Waals surface area contributed by atoms with E-state index in [-0.39, 0.29) is 16.9 Å². The van der Waals surface area contributed by atoms with Crippen molar-refractivity contribution in [3.8, 4) is 0 Å². The highest BCUT2D eigenvalue weighted by Crippen LogP contribution is 2.34. The summed E-state index contributed by atoms with van der Waals surface area (Å²) in [5.74, 6) is 0.565. The molecule has 1 aromatic rings. The third kappa shape index (κ3) is 4.03. The van der Waals surface area contributed by atoms with E-state index < -0.39 is 10.0 Å². The Morgan fingerprint density at radius 3 is 2.57 bits per heavy atom. The summed E-state index contributed by atoms with van der Waals surface area (Å²) < 4.78 is 35.4. The van der Waals surface area contributed by atoms with Gasteiger partial charge < -0.3 is 14.5 Å². The first-order chi connectivity index (χ1) is 14.4. The van der Waals surface area contributed by atoms with Gasteiger partial charge in [0.1, 0.15) is 16.8 Å². The summed E-state index contributed by atoms with van der Waals surface area (Å²) in [5.41, 5.74) is 2.52. The van der Waals surface area contributed by atoms with Crippen LogP contribution >= 0.6 is 0 Å². The predicted molar refractivity (Wildman–Crippen MR) is 117 cm³/mol. The molecule has 1 atom stereocenters. The zero-order chi connectivity index (χ0) is 21.3.